The van der Waals surface area contributed by atoms with Crippen LogP contribution in [0.15, 0.2) is 65.2 Å². The average Bonchev–Trinajstić information content (AvgIpc) is 2.71. The van der Waals surface area contributed by atoms with Crippen LogP contribution in [0.4, 0.5) is 5.69 Å². The zero-order valence-electron chi connectivity index (χ0n) is 15.5. The van der Waals surface area contributed by atoms with Gasteiger partial charge >= 0.3 is 0 Å². The third-order valence-corrected chi connectivity index (χ3v) is 4.86. The summed E-state index contributed by atoms with van der Waals surface area (Å²) in [6.07, 6.45) is 3.12. The first-order valence-corrected chi connectivity index (χ1v) is 9.73. The molecular weight excluding hydrogens is 456 g/mol. The van der Waals surface area contributed by atoms with Crippen molar-refractivity contribution in [3.05, 3.63) is 70.7 Å². The summed E-state index contributed by atoms with van der Waals surface area (Å²) < 4.78 is 11.7. The zero-order valence-corrected chi connectivity index (χ0v) is 17.9. The molecule has 148 valence electrons. The lowest BCUT2D eigenvalue weighted by molar-refractivity contribution is -0.122. The van der Waals surface area contributed by atoms with Crippen molar-refractivity contribution in [1.82, 2.24) is 5.32 Å². The van der Waals surface area contributed by atoms with Crippen molar-refractivity contribution in [2.24, 2.45) is 0 Å². The van der Waals surface area contributed by atoms with Crippen LogP contribution in [0.3, 0.4) is 0 Å². The highest BCUT2D eigenvalue weighted by Gasteiger charge is 2.34. The van der Waals surface area contributed by atoms with Crippen LogP contribution in [-0.2, 0) is 9.59 Å². The van der Waals surface area contributed by atoms with Crippen molar-refractivity contribution in [3.63, 3.8) is 0 Å². The summed E-state index contributed by atoms with van der Waals surface area (Å²) in [5.41, 5.74) is 1.12. The molecule has 3 rings (SSSR count). The molecule has 2 aromatic rings. The Kier molecular flexibility index (Phi) is 6.46. The fourth-order valence-electron chi connectivity index (χ4n) is 2.69. The first-order valence-electron chi connectivity index (χ1n) is 8.53. The summed E-state index contributed by atoms with van der Waals surface area (Å²) >= 11 is 8.56. The van der Waals surface area contributed by atoms with Crippen LogP contribution in [0.1, 0.15) is 5.56 Å². The van der Waals surface area contributed by atoms with Crippen molar-refractivity contribution >= 4 is 56.8 Å². The molecule has 2 amide bonds. The summed E-state index contributed by atoms with van der Waals surface area (Å²) in [5.74, 6) is -0.0527. The maximum atomic E-state index is 13.0. The van der Waals surface area contributed by atoms with Crippen molar-refractivity contribution in [2.75, 3.05) is 18.6 Å². The Balaban J connectivity index is 1.96. The Labute approximate surface area is 181 Å². The molecular formula is C21H17BrN2O4S. The summed E-state index contributed by atoms with van der Waals surface area (Å²) in [7, 11) is 1.51. The van der Waals surface area contributed by atoms with Crippen LogP contribution in [0.25, 0.3) is 6.08 Å². The molecule has 1 saturated heterocycles. The van der Waals surface area contributed by atoms with Gasteiger partial charge in [-0.2, -0.15) is 0 Å². The van der Waals surface area contributed by atoms with E-state index in [1.54, 1.807) is 48.5 Å². The second kappa shape index (κ2) is 9.02. The fraction of sp³-hybridized carbons (Fsp3) is 0.0952. The van der Waals surface area contributed by atoms with Crippen molar-refractivity contribution in [2.45, 2.75) is 0 Å². The molecule has 0 radical (unpaired) electrons. The summed E-state index contributed by atoms with van der Waals surface area (Å²) in [6, 6.07) is 12.2. The lowest BCUT2D eigenvalue weighted by Gasteiger charge is -2.29. The lowest BCUT2D eigenvalue weighted by atomic mass is 10.1. The van der Waals surface area contributed by atoms with Gasteiger partial charge in [-0.1, -0.05) is 34.7 Å². The molecule has 29 heavy (non-hydrogen) atoms. The van der Waals surface area contributed by atoms with E-state index < -0.39 is 11.8 Å². The molecule has 1 N–H and O–H groups in total. The number of nitrogens with one attached hydrogen (secondary N) is 1. The predicted molar refractivity (Wildman–Crippen MR) is 119 cm³/mol. The van der Waals surface area contributed by atoms with E-state index in [0.29, 0.717) is 29.4 Å². The second-order valence-corrected chi connectivity index (χ2v) is 7.25. The van der Waals surface area contributed by atoms with Gasteiger partial charge in [-0.3, -0.25) is 19.8 Å². The molecule has 1 heterocycles. The molecule has 8 heteroatoms. The van der Waals surface area contributed by atoms with E-state index >= 15 is 0 Å². The smallest absolute Gasteiger partial charge is 0.270 e. The van der Waals surface area contributed by atoms with Crippen molar-refractivity contribution in [3.8, 4) is 11.5 Å². The minimum absolute atomic E-state index is 0.0326. The Morgan fingerprint density at radius 1 is 1.17 bits per heavy atom. The second-order valence-electron chi connectivity index (χ2n) is 5.94. The number of carbonyl (C=O) groups is 2. The number of anilines is 1. The first kappa shape index (κ1) is 20.8. The van der Waals surface area contributed by atoms with Gasteiger partial charge in [0.05, 0.1) is 12.8 Å². The number of amides is 2. The molecule has 2 aromatic carbocycles. The average molecular weight is 473 g/mol. The highest BCUT2D eigenvalue weighted by molar-refractivity contribution is 9.10. The topological polar surface area (TPSA) is 67.9 Å². The van der Waals surface area contributed by atoms with Crippen LogP contribution in [0, 0.1) is 0 Å². The molecule has 0 spiro atoms. The number of ether oxygens (including phenoxy) is 2. The number of rotatable bonds is 6. The number of halogens is 1. The molecule has 1 aliphatic rings. The lowest BCUT2D eigenvalue weighted by Crippen LogP contribution is -2.54. The summed E-state index contributed by atoms with van der Waals surface area (Å²) in [6.45, 7) is 3.94. The van der Waals surface area contributed by atoms with Gasteiger partial charge in [-0.15, -0.1) is 0 Å². The van der Waals surface area contributed by atoms with E-state index in [1.165, 1.54) is 18.1 Å². The Bertz CT molecular complexity index is 1020. The number of benzene rings is 2. The zero-order chi connectivity index (χ0) is 21.0. The highest BCUT2D eigenvalue weighted by Crippen LogP contribution is 2.30. The van der Waals surface area contributed by atoms with E-state index in [1.807, 2.05) is 0 Å². The van der Waals surface area contributed by atoms with Crippen LogP contribution >= 0.6 is 28.1 Å². The van der Waals surface area contributed by atoms with Gasteiger partial charge in [-0.05, 0) is 60.3 Å². The molecule has 0 bridgehead atoms. The van der Waals surface area contributed by atoms with Crippen LogP contribution in [-0.4, -0.2) is 30.6 Å². The molecule has 1 aliphatic heterocycles. The molecule has 0 saturated carbocycles. The van der Waals surface area contributed by atoms with Gasteiger partial charge in [-0.25, -0.2) is 0 Å². The van der Waals surface area contributed by atoms with E-state index in [9.17, 15) is 9.59 Å². The fourth-order valence-corrected chi connectivity index (χ4v) is 3.24. The van der Waals surface area contributed by atoms with Gasteiger partial charge < -0.3 is 9.47 Å². The van der Waals surface area contributed by atoms with Gasteiger partial charge in [0.1, 0.15) is 12.2 Å². The van der Waals surface area contributed by atoms with Gasteiger partial charge in [0.15, 0.2) is 16.6 Å². The summed E-state index contributed by atoms with van der Waals surface area (Å²) in [4.78, 5) is 26.7. The maximum absolute atomic E-state index is 13.0. The number of carbonyl (C=O) groups excluding carboxylic acids is 2. The monoisotopic (exact) mass is 472 g/mol. The van der Waals surface area contributed by atoms with Gasteiger partial charge in [0.25, 0.3) is 11.8 Å². The maximum Gasteiger partial charge on any atom is 0.270 e. The summed E-state index contributed by atoms with van der Waals surface area (Å²) in [5, 5.41) is 2.59. The highest BCUT2D eigenvalue weighted by atomic mass is 79.9. The van der Waals surface area contributed by atoms with Crippen LogP contribution < -0.4 is 19.7 Å². The number of nitrogens with zero attached hydrogens (tertiary/aromatic N) is 1. The number of thiocarbonyl (C=S) groups is 1. The molecule has 0 unspecified atom stereocenters. The largest absolute Gasteiger partial charge is 0.493 e. The minimum Gasteiger partial charge on any atom is -0.493 e. The van der Waals surface area contributed by atoms with Crippen molar-refractivity contribution < 1.29 is 19.1 Å². The Morgan fingerprint density at radius 3 is 2.55 bits per heavy atom. The molecule has 0 aromatic heterocycles. The van der Waals surface area contributed by atoms with Gasteiger partial charge in [0.2, 0.25) is 0 Å². The predicted octanol–water partition coefficient (Wildman–Crippen LogP) is 3.85. The van der Waals surface area contributed by atoms with E-state index in [2.05, 4.69) is 27.8 Å². The number of hydrogen-bond acceptors (Lipinski definition) is 5. The number of methoxy groups -OCH3 is 1. The third kappa shape index (κ3) is 4.55. The third-order valence-electron chi connectivity index (χ3n) is 4.04. The Morgan fingerprint density at radius 2 is 1.90 bits per heavy atom. The molecule has 6 nitrogen and oxygen atoms in total. The van der Waals surface area contributed by atoms with Gasteiger partial charge in [0, 0.05) is 4.47 Å². The minimum atomic E-state index is -0.556. The van der Waals surface area contributed by atoms with Crippen molar-refractivity contribution in [1.29, 1.82) is 0 Å². The van der Waals surface area contributed by atoms with E-state index in [4.69, 9.17) is 21.7 Å². The molecule has 1 fully saturated rings. The SMILES string of the molecule is C=CCOc1ccc(/C=C2\C(=O)NC(=S)N(c3ccc(Br)cc3)C2=O)cc1OC. The van der Waals surface area contributed by atoms with E-state index in [0.717, 1.165) is 4.47 Å². The normalized spacial score (nSPS) is 15.3. The molecule has 0 aliphatic carbocycles. The number of hydrogen-bond donors (Lipinski definition) is 1. The standard InChI is InChI=1S/C21H17BrN2O4S/c1-3-10-28-17-9-4-13(12-18(17)27-2)11-16-19(25)23-21(29)24(20(16)26)15-7-5-14(22)6-8-15/h3-9,11-12H,1,10H2,2H3,(H,23,25,29)/b16-11+. The van der Waals surface area contributed by atoms with Crippen LogP contribution in [0.2, 0.25) is 0 Å². The quantitative estimate of drug-likeness (QED) is 0.299. The van der Waals surface area contributed by atoms with Crippen LogP contribution in [0.5, 0.6) is 11.5 Å². The Hall–Kier alpha value is -2.97. The first-order chi connectivity index (χ1) is 13.9. The molecule has 0 atom stereocenters. The van der Waals surface area contributed by atoms with E-state index in [-0.39, 0.29) is 10.7 Å².